The van der Waals surface area contributed by atoms with E-state index in [2.05, 4.69) is 30.0 Å². The van der Waals surface area contributed by atoms with Crippen LogP contribution in [0.4, 0.5) is 0 Å². The van der Waals surface area contributed by atoms with Gasteiger partial charge in [0.05, 0.1) is 6.54 Å². The lowest BCUT2D eigenvalue weighted by Gasteiger charge is -2.31. The molecule has 2 nitrogen and oxygen atoms in total. The molecule has 0 amide bonds. The lowest BCUT2D eigenvalue weighted by atomic mass is 10.0. The summed E-state index contributed by atoms with van der Waals surface area (Å²) >= 11 is 0. The fourth-order valence-corrected chi connectivity index (χ4v) is 1.98. The molecular formula is C13H24N2. The summed E-state index contributed by atoms with van der Waals surface area (Å²) in [5.74, 6) is 4.36. The molecule has 15 heavy (non-hydrogen) atoms. The van der Waals surface area contributed by atoms with Crippen LogP contribution in [0.5, 0.6) is 0 Å². The molecule has 0 saturated heterocycles. The summed E-state index contributed by atoms with van der Waals surface area (Å²) in [6.45, 7) is 7.64. The van der Waals surface area contributed by atoms with Crippen molar-refractivity contribution in [3.63, 3.8) is 0 Å². The minimum Gasteiger partial charge on any atom is -0.319 e. The fraction of sp³-hybridized carbons (Fsp3) is 0.846. The second-order valence-corrected chi connectivity index (χ2v) is 4.85. The molecule has 0 aromatic carbocycles. The number of rotatable bonds is 7. The summed E-state index contributed by atoms with van der Waals surface area (Å²) in [4.78, 5) is 2.46. The average Bonchev–Trinajstić information content (AvgIpc) is 3.00. The highest BCUT2D eigenvalue weighted by molar-refractivity contribution is 4.92. The van der Waals surface area contributed by atoms with E-state index in [9.17, 15) is 0 Å². The Morgan fingerprint density at radius 1 is 1.47 bits per heavy atom. The Hall–Kier alpha value is -0.520. The Labute approximate surface area is 94.4 Å². The smallest absolute Gasteiger partial charge is 0.0601 e. The zero-order valence-electron chi connectivity index (χ0n) is 10.3. The SMILES string of the molecule is C#CCN(CC1CC1)C(C)C(C)CNC. The average molecular weight is 208 g/mol. The van der Waals surface area contributed by atoms with Gasteiger partial charge in [0, 0.05) is 12.6 Å². The molecule has 2 unspecified atom stereocenters. The van der Waals surface area contributed by atoms with Gasteiger partial charge in [-0.2, -0.15) is 0 Å². The zero-order valence-corrected chi connectivity index (χ0v) is 10.3. The predicted octanol–water partition coefficient (Wildman–Crippen LogP) is 1.58. The summed E-state index contributed by atoms with van der Waals surface area (Å²) in [6.07, 6.45) is 8.22. The van der Waals surface area contributed by atoms with E-state index < -0.39 is 0 Å². The lowest BCUT2D eigenvalue weighted by molar-refractivity contribution is 0.173. The predicted molar refractivity (Wildman–Crippen MR) is 65.7 cm³/mol. The van der Waals surface area contributed by atoms with Crippen LogP contribution in [0.15, 0.2) is 0 Å². The van der Waals surface area contributed by atoms with Crippen molar-refractivity contribution in [1.29, 1.82) is 0 Å². The maximum absolute atomic E-state index is 5.43. The normalized spacial score (nSPS) is 19.9. The molecule has 0 aliphatic heterocycles. The van der Waals surface area contributed by atoms with Crippen LogP contribution >= 0.6 is 0 Å². The van der Waals surface area contributed by atoms with E-state index in [-0.39, 0.29) is 0 Å². The molecule has 0 aromatic rings. The first kappa shape index (κ1) is 12.5. The monoisotopic (exact) mass is 208 g/mol. The van der Waals surface area contributed by atoms with E-state index in [1.54, 1.807) is 0 Å². The van der Waals surface area contributed by atoms with Crippen LogP contribution in [0.3, 0.4) is 0 Å². The van der Waals surface area contributed by atoms with E-state index >= 15 is 0 Å². The first-order valence-corrected chi connectivity index (χ1v) is 6.01. The van der Waals surface area contributed by atoms with E-state index in [1.807, 2.05) is 7.05 Å². The van der Waals surface area contributed by atoms with E-state index in [0.717, 1.165) is 19.0 Å². The van der Waals surface area contributed by atoms with E-state index in [1.165, 1.54) is 19.4 Å². The van der Waals surface area contributed by atoms with Crippen molar-refractivity contribution < 1.29 is 0 Å². The van der Waals surface area contributed by atoms with Gasteiger partial charge < -0.3 is 5.32 Å². The van der Waals surface area contributed by atoms with Gasteiger partial charge in [0.15, 0.2) is 0 Å². The number of hydrogen-bond donors (Lipinski definition) is 1. The van der Waals surface area contributed by atoms with Gasteiger partial charge in [0.25, 0.3) is 0 Å². The second-order valence-electron chi connectivity index (χ2n) is 4.85. The molecule has 0 aromatic heterocycles. The largest absolute Gasteiger partial charge is 0.319 e. The summed E-state index contributed by atoms with van der Waals surface area (Å²) in [6, 6.07) is 0.578. The fourth-order valence-electron chi connectivity index (χ4n) is 1.98. The van der Waals surface area contributed by atoms with Crippen molar-refractivity contribution in [2.75, 3.05) is 26.7 Å². The number of terminal acetylenes is 1. The molecular weight excluding hydrogens is 184 g/mol. The van der Waals surface area contributed by atoms with Gasteiger partial charge in [0.1, 0.15) is 0 Å². The summed E-state index contributed by atoms with van der Waals surface area (Å²) in [7, 11) is 2.01. The molecule has 1 aliphatic rings. The van der Waals surface area contributed by atoms with E-state index in [0.29, 0.717) is 12.0 Å². The van der Waals surface area contributed by atoms with Crippen LogP contribution in [0.2, 0.25) is 0 Å². The van der Waals surface area contributed by atoms with Crippen molar-refractivity contribution >= 4 is 0 Å². The highest BCUT2D eigenvalue weighted by Gasteiger charge is 2.27. The molecule has 2 atom stereocenters. The van der Waals surface area contributed by atoms with Gasteiger partial charge in [0.2, 0.25) is 0 Å². The third kappa shape index (κ3) is 4.24. The molecule has 1 N–H and O–H groups in total. The van der Waals surface area contributed by atoms with Crippen molar-refractivity contribution in [3.05, 3.63) is 0 Å². The Balaban J connectivity index is 2.41. The van der Waals surface area contributed by atoms with Crippen molar-refractivity contribution in [2.45, 2.75) is 32.7 Å². The summed E-state index contributed by atoms with van der Waals surface area (Å²) < 4.78 is 0. The molecule has 2 heteroatoms. The van der Waals surface area contributed by atoms with Gasteiger partial charge in [-0.15, -0.1) is 6.42 Å². The molecule has 86 valence electrons. The van der Waals surface area contributed by atoms with Crippen molar-refractivity contribution in [3.8, 4) is 12.3 Å². The third-order valence-electron chi connectivity index (χ3n) is 3.41. The van der Waals surface area contributed by atoms with Crippen molar-refractivity contribution in [1.82, 2.24) is 10.2 Å². The molecule has 1 fully saturated rings. The van der Waals surface area contributed by atoms with Gasteiger partial charge in [-0.1, -0.05) is 12.8 Å². The third-order valence-corrected chi connectivity index (χ3v) is 3.41. The number of nitrogens with one attached hydrogen (secondary N) is 1. The lowest BCUT2D eigenvalue weighted by Crippen LogP contribution is -2.42. The Bertz CT molecular complexity index is 215. The standard InChI is InChI=1S/C13H24N2/c1-5-8-15(10-13-6-7-13)12(3)11(2)9-14-4/h1,11-14H,6-10H2,2-4H3. The highest BCUT2D eigenvalue weighted by Crippen LogP contribution is 2.30. The van der Waals surface area contributed by atoms with Crippen LogP contribution in [0.1, 0.15) is 26.7 Å². The molecule has 0 heterocycles. The number of hydrogen-bond acceptors (Lipinski definition) is 2. The van der Waals surface area contributed by atoms with Gasteiger partial charge in [-0.05, 0) is 45.2 Å². The summed E-state index contributed by atoms with van der Waals surface area (Å²) in [5.41, 5.74) is 0. The van der Waals surface area contributed by atoms with Crippen molar-refractivity contribution in [2.24, 2.45) is 11.8 Å². The molecule has 1 rings (SSSR count). The molecule has 1 aliphatic carbocycles. The Morgan fingerprint density at radius 3 is 2.60 bits per heavy atom. The number of nitrogens with zero attached hydrogens (tertiary/aromatic N) is 1. The zero-order chi connectivity index (χ0) is 11.3. The van der Waals surface area contributed by atoms with Crippen LogP contribution in [0, 0.1) is 24.2 Å². The van der Waals surface area contributed by atoms with E-state index in [4.69, 9.17) is 6.42 Å². The topological polar surface area (TPSA) is 15.3 Å². The minimum absolute atomic E-state index is 0.578. The summed E-state index contributed by atoms with van der Waals surface area (Å²) in [5, 5.41) is 3.24. The van der Waals surface area contributed by atoms with Crippen LogP contribution in [-0.4, -0.2) is 37.6 Å². The maximum Gasteiger partial charge on any atom is 0.0601 e. The van der Waals surface area contributed by atoms with Gasteiger partial charge in [-0.25, -0.2) is 0 Å². The van der Waals surface area contributed by atoms with Gasteiger partial charge in [-0.3, -0.25) is 4.90 Å². The van der Waals surface area contributed by atoms with Gasteiger partial charge >= 0.3 is 0 Å². The first-order valence-electron chi connectivity index (χ1n) is 6.01. The Kier molecular flexibility index (Phi) is 5.14. The minimum atomic E-state index is 0.578. The molecule has 0 bridgehead atoms. The highest BCUT2D eigenvalue weighted by atomic mass is 15.2. The molecule has 1 saturated carbocycles. The molecule has 0 spiro atoms. The van der Waals surface area contributed by atoms with Crippen LogP contribution in [0.25, 0.3) is 0 Å². The Morgan fingerprint density at radius 2 is 2.13 bits per heavy atom. The van der Waals surface area contributed by atoms with Crippen LogP contribution in [-0.2, 0) is 0 Å². The first-order chi connectivity index (χ1) is 7.19. The van der Waals surface area contributed by atoms with Crippen LogP contribution < -0.4 is 5.32 Å². The molecule has 0 radical (unpaired) electrons. The second kappa shape index (κ2) is 6.15. The maximum atomic E-state index is 5.43. The quantitative estimate of drug-likeness (QED) is 0.639.